The summed E-state index contributed by atoms with van der Waals surface area (Å²) in [4.78, 5) is 4.08. The van der Waals surface area contributed by atoms with Gasteiger partial charge in [-0.3, -0.25) is 0 Å². The van der Waals surface area contributed by atoms with Crippen LogP contribution >= 0.6 is 0 Å². The summed E-state index contributed by atoms with van der Waals surface area (Å²) in [6, 6.07) is 3.88. The fourth-order valence-electron chi connectivity index (χ4n) is 0.945. The van der Waals surface area contributed by atoms with Gasteiger partial charge in [0.2, 0.25) is 5.88 Å². The molecule has 0 bridgehead atoms. The van der Waals surface area contributed by atoms with Crippen molar-refractivity contribution in [2.24, 2.45) is 0 Å². The number of pyridine rings is 1. The van der Waals surface area contributed by atoms with Crippen molar-refractivity contribution in [3.8, 4) is 5.88 Å². The van der Waals surface area contributed by atoms with Crippen molar-refractivity contribution in [2.75, 3.05) is 7.11 Å². The van der Waals surface area contributed by atoms with E-state index in [1.807, 2.05) is 18.2 Å². The molecule has 0 amide bonds. The van der Waals surface area contributed by atoms with Gasteiger partial charge >= 0.3 is 0 Å². The van der Waals surface area contributed by atoms with E-state index in [2.05, 4.69) is 18.0 Å². The lowest BCUT2D eigenvalue weighted by Gasteiger charge is -2.00. The summed E-state index contributed by atoms with van der Waals surface area (Å²) in [6.45, 7) is 2.10. The maximum atomic E-state index is 5.08. The molecule has 2 heteroatoms. The highest BCUT2D eigenvalue weighted by Gasteiger charge is 1.96. The van der Waals surface area contributed by atoms with Gasteiger partial charge in [0.15, 0.2) is 0 Å². The summed E-state index contributed by atoms with van der Waals surface area (Å²) in [5.74, 6) is 0.683. The molecule has 1 rings (SSSR count). The van der Waals surface area contributed by atoms with Gasteiger partial charge in [-0.05, 0) is 18.6 Å². The molecular weight excluding hydrogens is 150 g/mol. The van der Waals surface area contributed by atoms with Crippen LogP contribution in [0.25, 0.3) is 6.08 Å². The number of hydrogen-bond donors (Lipinski definition) is 0. The molecule has 64 valence electrons. The van der Waals surface area contributed by atoms with E-state index < -0.39 is 0 Å². The molecule has 0 spiro atoms. The fraction of sp³-hybridized carbons (Fsp3) is 0.300. The van der Waals surface area contributed by atoms with Crippen molar-refractivity contribution in [2.45, 2.75) is 13.3 Å². The number of aromatic nitrogens is 1. The highest BCUT2D eigenvalue weighted by atomic mass is 16.5. The number of ether oxygens (including phenoxy) is 1. The Morgan fingerprint density at radius 2 is 2.42 bits per heavy atom. The topological polar surface area (TPSA) is 22.1 Å². The molecule has 0 aliphatic carbocycles. The quantitative estimate of drug-likeness (QED) is 0.683. The van der Waals surface area contributed by atoms with Gasteiger partial charge in [0.1, 0.15) is 0 Å². The van der Waals surface area contributed by atoms with Crippen LogP contribution in [0.5, 0.6) is 5.88 Å². The van der Waals surface area contributed by atoms with E-state index in [1.54, 1.807) is 13.3 Å². The van der Waals surface area contributed by atoms with Crippen molar-refractivity contribution in [1.29, 1.82) is 0 Å². The van der Waals surface area contributed by atoms with Gasteiger partial charge < -0.3 is 4.74 Å². The number of hydrogen-bond acceptors (Lipinski definition) is 2. The first kappa shape index (κ1) is 8.78. The van der Waals surface area contributed by atoms with Crippen LogP contribution in [0.2, 0.25) is 0 Å². The molecule has 0 radical (unpaired) electrons. The smallest absolute Gasteiger partial charge is 0.220 e. The van der Waals surface area contributed by atoms with Gasteiger partial charge in [-0.2, -0.15) is 0 Å². The highest BCUT2D eigenvalue weighted by molar-refractivity contribution is 5.54. The van der Waals surface area contributed by atoms with Gasteiger partial charge in [0.05, 0.1) is 7.11 Å². The Kier molecular flexibility index (Phi) is 3.33. The first-order chi connectivity index (χ1) is 5.88. The molecule has 0 aromatic carbocycles. The Hall–Kier alpha value is -1.31. The maximum Gasteiger partial charge on any atom is 0.220 e. The van der Waals surface area contributed by atoms with Crippen molar-refractivity contribution < 1.29 is 4.74 Å². The number of allylic oxidation sites excluding steroid dienone is 1. The molecule has 0 aliphatic rings. The molecule has 1 heterocycles. The van der Waals surface area contributed by atoms with E-state index in [9.17, 15) is 0 Å². The summed E-state index contributed by atoms with van der Waals surface area (Å²) in [7, 11) is 1.63. The molecule has 0 saturated carbocycles. The zero-order valence-electron chi connectivity index (χ0n) is 7.45. The lowest BCUT2D eigenvalue weighted by atomic mass is 10.2. The summed E-state index contributed by atoms with van der Waals surface area (Å²) >= 11 is 0. The van der Waals surface area contributed by atoms with Crippen LogP contribution in [0.4, 0.5) is 0 Å². The Balaban J connectivity index is 2.89. The maximum absolute atomic E-state index is 5.08. The monoisotopic (exact) mass is 163 g/mol. The minimum atomic E-state index is 0.683. The predicted octanol–water partition coefficient (Wildman–Crippen LogP) is 2.51. The van der Waals surface area contributed by atoms with E-state index in [-0.39, 0.29) is 0 Å². The summed E-state index contributed by atoms with van der Waals surface area (Å²) < 4.78 is 5.08. The predicted molar refractivity (Wildman–Crippen MR) is 50.1 cm³/mol. The molecule has 2 nitrogen and oxygen atoms in total. The second-order valence-corrected chi connectivity index (χ2v) is 2.41. The first-order valence-corrected chi connectivity index (χ1v) is 4.04. The molecule has 0 atom stereocenters. The van der Waals surface area contributed by atoms with Gasteiger partial charge in [-0.15, -0.1) is 0 Å². The first-order valence-electron chi connectivity index (χ1n) is 4.04. The summed E-state index contributed by atoms with van der Waals surface area (Å²) in [5, 5.41) is 0. The third-order valence-electron chi connectivity index (χ3n) is 1.53. The zero-order chi connectivity index (χ0) is 8.81. The van der Waals surface area contributed by atoms with Crippen LogP contribution in [0, 0.1) is 0 Å². The van der Waals surface area contributed by atoms with Crippen molar-refractivity contribution in [3.05, 3.63) is 30.0 Å². The lowest BCUT2D eigenvalue weighted by Crippen LogP contribution is -1.89. The second kappa shape index (κ2) is 4.54. The fourth-order valence-corrected chi connectivity index (χ4v) is 0.945. The van der Waals surface area contributed by atoms with Crippen LogP contribution in [0.3, 0.4) is 0 Å². The largest absolute Gasteiger partial charge is 0.481 e. The SMILES string of the molecule is CC/C=C/c1cccnc1OC. The second-order valence-electron chi connectivity index (χ2n) is 2.41. The van der Waals surface area contributed by atoms with Crippen molar-refractivity contribution in [3.63, 3.8) is 0 Å². The van der Waals surface area contributed by atoms with Crippen LogP contribution in [0.1, 0.15) is 18.9 Å². The Morgan fingerprint density at radius 1 is 1.58 bits per heavy atom. The average molecular weight is 163 g/mol. The van der Waals surface area contributed by atoms with Crippen LogP contribution in [-0.2, 0) is 0 Å². The number of rotatable bonds is 3. The third-order valence-corrected chi connectivity index (χ3v) is 1.53. The normalized spacial score (nSPS) is 10.5. The van der Waals surface area contributed by atoms with Gasteiger partial charge in [-0.1, -0.05) is 19.1 Å². The third kappa shape index (κ3) is 2.09. The van der Waals surface area contributed by atoms with E-state index in [0.717, 1.165) is 12.0 Å². The number of nitrogens with zero attached hydrogens (tertiary/aromatic N) is 1. The summed E-state index contributed by atoms with van der Waals surface area (Å²) in [6.07, 6.45) is 6.85. The van der Waals surface area contributed by atoms with Gasteiger partial charge in [0, 0.05) is 11.8 Å². The van der Waals surface area contributed by atoms with Crippen LogP contribution in [-0.4, -0.2) is 12.1 Å². The lowest BCUT2D eigenvalue weighted by molar-refractivity contribution is 0.397. The van der Waals surface area contributed by atoms with Crippen LogP contribution in [0.15, 0.2) is 24.4 Å². The van der Waals surface area contributed by atoms with Crippen LogP contribution < -0.4 is 4.74 Å². The minimum absolute atomic E-state index is 0.683. The van der Waals surface area contributed by atoms with E-state index >= 15 is 0 Å². The Labute approximate surface area is 72.9 Å². The highest BCUT2D eigenvalue weighted by Crippen LogP contribution is 2.14. The molecule has 0 unspecified atom stereocenters. The average Bonchev–Trinajstić information content (AvgIpc) is 2.15. The molecule has 1 aromatic rings. The molecular formula is C10H13NO. The Morgan fingerprint density at radius 3 is 3.08 bits per heavy atom. The molecule has 0 N–H and O–H groups in total. The minimum Gasteiger partial charge on any atom is -0.481 e. The van der Waals surface area contributed by atoms with Crippen molar-refractivity contribution in [1.82, 2.24) is 4.98 Å². The Bertz CT molecular complexity index is 268. The number of methoxy groups -OCH3 is 1. The molecule has 12 heavy (non-hydrogen) atoms. The molecule has 0 saturated heterocycles. The summed E-state index contributed by atoms with van der Waals surface area (Å²) in [5.41, 5.74) is 1.03. The van der Waals surface area contributed by atoms with E-state index in [4.69, 9.17) is 4.74 Å². The molecule has 0 aliphatic heterocycles. The van der Waals surface area contributed by atoms with E-state index in [0.29, 0.717) is 5.88 Å². The van der Waals surface area contributed by atoms with Gasteiger partial charge in [-0.25, -0.2) is 4.98 Å². The molecule has 1 aromatic heterocycles. The van der Waals surface area contributed by atoms with E-state index in [1.165, 1.54) is 0 Å². The zero-order valence-corrected chi connectivity index (χ0v) is 7.45. The van der Waals surface area contributed by atoms with Crippen molar-refractivity contribution >= 4 is 6.08 Å². The van der Waals surface area contributed by atoms with Gasteiger partial charge in [0.25, 0.3) is 0 Å². The standard InChI is InChI=1S/C10H13NO/c1-3-4-6-9-7-5-8-11-10(9)12-2/h4-8H,3H2,1-2H3/b6-4+. The molecule has 0 fully saturated rings.